The van der Waals surface area contributed by atoms with Crippen LogP contribution in [0.3, 0.4) is 0 Å². The molecule has 32 heavy (non-hydrogen) atoms. The summed E-state index contributed by atoms with van der Waals surface area (Å²) < 4.78 is 7.25. The van der Waals surface area contributed by atoms with Crippen molar-refractivity contribution in [3.05, 3.63) is 78.8 Å². The van der Waals surface area contributed by atoms with Crippen LogP contribution < -0.4 is 5.32 Å². The molecule has 162 valence electrons. The second-order valence-corrected chi connectivity index (χ2v) is 7.83. The molecular weight excluding hydrogens is 402 g/mol. The molecule has 0 radical (unpaired) electrons. The highest BCUT2D eigenvalue weighted by molar-refractivity contribution is 5.95. The summed E-state index contributed by atoms with van der Waals surface area (Å²) in [4.78, 5) is 19.1. The van der Waals surface area contributed by atoms with Gasteiger partial charge in [0.05, 0.1) is 30.6 Å². The molecule has 0 saturated carbocycles. The van der Waals surface area contributed by atoms with Gasteiger partial charge in [-0.3, -0.25) is 14.7 Å². The highest BCUT2D eigenvalue weighted by Crippen LogP contribution is 2.26. The van der Waals surface area contributed by atoms with Gasteiger partial charge < -0.3 is 10.1 Å². The Labute approximate surface area is 186 Å². The second-order valence-electron chi connectivity index (χ2n) is 7.83. The molecule has 4 aromatic rings. The molecule has 1 amide bonds. The molecular formula is C25H25N5O2. The van der Waals surface area contributed by atoms with Crippen LogP contribution in [-0.4, -0.2) is 65.0 Å². The number of hydrogen-bond acceptors (Lipinski definition) is 5. The molecule has 0 unspecified atom stereocenters. The molecule has 7 heteroatoms. The van der Waals surface area contributed by atoms with Gasteiger partial charge in [-0.05, 0) is 47.5 Å². The van der Waals surface area contributed by atoms with Crippen LogP contribution in [0.4, 0.5) is 0 Å². The van der Waals surface area contributed by atoms with Gasteiger partial charge in [0.15, 0.2) is 0 Å². The van der Waals surface area contributed by atoms with Gasteiger partial charge in [0.2, 0.25) is 0 Å². The number of carbonyl (C=O) groups excluding carboxylic acids is 1. The fraction of sp³-hybridized carbons (Fsp3) is 0.240. The van der Waals surface area contributed by atoms with Crippen LogP contribution in [-0.2, 0) is 4.74 Å². The SMILES string of the molecule is O=C(NCCN1CCOCC1)c1cccc(-n2ncc3ccc(-c4ccncc4)cc32)c1. The lowest BCUT2D eigenvalue weighted by atomic mass is 10.1. The number of nitrogens with one attached hydrogen (secondary N) is 1. The number of morpholine rings is 1. The van der Waals surface area contributed by atoms with E-state index in [0.29, 0.717) is 12.1 Å². The van der Waals surface area contributed by atoms with Crippen molar-refractivity contribution in [2.75, 3.05) is 39.4 Å². The van der Waals surface area contributed by atoms with Crippen LogP contribution in [0.1, 0.15) is 10.4 Å². The Hall–Kier alpha value is -3.55. The van der Waals surface area contributed by atoms with Crippen molar-refractivity contribution in [1.82, 2.24) is 25.0 Å². The molecule has 0 atom stereocenters. The van der Waals surface area contributed by atoms with Crippen molar-refractivity contribution in [3.63, 3.8) is 0 Å². The number of hydrogen-bond donors (Lipinski definition) is 1. The van der Waals surface area contributed by atoms with E-state index in [0.717, 1.165) is 60.6 Å². The number of amides is 1. The summed E-state index contributed by atoms with van der Waals surface area (Å²) in [5.74, 6) is -0.0750. The summed E-state index contributed by atoms with van der Waals surface area (Å²) in [6.45, 7) is 4.80. The minimum Gasteiger partial charge on any atom is -0.379 e. The normalized spacial score (nSPS) is 14.5. The highest BCUT2D eigenvalue weighted by Gasteiger charge is 2.13. The topological polar surface area (TPSA) is 72.3 Å². The quantitative estimate of drug-likeness (QED) is 0.512. The maximum absolute atomic E-state index is 12.7. The summed E-state index contributed by atoms with van der Waals surface area (Å²) in [6.07, 6.45) is 5.43. The molecule has 2 aromatic carbocycles. The van der Waals surface area contributed by atoms with Gasteiger partial charge in [-0.25, -0.2) is 4.68 Å². The minimum atomic E-state index is -0.0750. The maximum atomic E-state index is 12.7. The van der Waals surface area contributed by atoms with Crippen LogP contribution in [0.5, 0.6) is 0 Å². The van der Waals surface area contributed by atoms with E-state index >= 15 is 0 Å². The summed E-state index contributed by atoms with van der Waals surface area (Å²) in [5, 5.41) is 8.65. The molecule has 5 rings (SSSR count). The lowest BCUT2D eigenvalue weighted by molar-refractivity contribution is 0.0383. The number of benzene rings is 2. The van der Waals surface area contributed by atoms with E-state index < -0.39 is 0 Å². The largest absolute Gasteiger partial charge is 0.379 e. The first-order chi connectivity index (χ1) is 15.8. The molecule has 1 saturated heterocycles. The van der Waals surface area contributed by atoms with Crippen LogP contribution in [0.2, 0.25) is 0 Å². The first-order valence-corrected chi connectivity index (χ1v) is 10.8. The Morgan fingerprint density at radius 2 is 1.84 bits per heavy atom. The third-order valence-electron chi connectivity index (χ3n) is 5.75. The number of rotatable bonds is 6. The van der Waals surface area contributed by atoms with Crippen molar-refractivity contribution in [3.8, 4) is 16.8 Å². The molecule has 1 aliphatic rings. The van der Waals surface area contributed by atoms with Crippen LogP contribution in [0.15, 0.2) is 73.2 Å². The zero-order valence-electron chi connectivity index (χ0n) is 17.8. The predicted octanol–water partition coefficient (Wildman–Crippen LogP) is 3.15. The lowest BCUT2D eigenvalue weighted by Crippen LogP contribution is -2.41. The lowest BCUT2D eigenvalue weighted by Gasteiger charge is -2.26. The van der Waals surface area contributed by atoms with Gasteiger partial charge in [0.25, 0.3) is 5.91 Å². The zero-order valence-corrected chi connectivity index (χ0v) is 17.8. The molecule has 7 nitrogen and oxygen atoms in total. The molecule has 1 N–H and O–H groups in total. The summed E-state index contributed by atoms with van der Waals surface area (Å²) in [5.41, 5.74) is 4.66. The standard InChI is InChI=1S/C25H25N5O2/c31-25(27-10-11-29-12-14-32-15-13-29)21-2-1-3-23(16-21)30-24-17-20(4-5-22(24)18-28-30)19-6-8-26-9-7-19/h1-9,16-18H,10-15H2,(H,27,31). The molecule has 0 spiro atoms. The van der Waals surface area contributed by atoms with Crippen molar-refractivity contribution in [2.45, 2.75) is 0 Å². The minimum absolute atomic E-state index is 0.0750. The molecule has 3 heterocycles. The van der Waals surface area contributed by atoms with Crippen LogP contribution in [0, 0.1) is 0 Å². The fourth-order valence-electron chi connectivity index (χ4n) is 3.98. The third-order valence-corrected chi connectivity index (χ3v) is 5.75. The van der Waals surface area contributed by atoms with E-state index in [1.807, 2.05) is 47.3 Å². The number of carbonyl (C=O) groups is 1. The average molecular weight is 428 g/mol. The van der Waals surface area contributed by atoms with Crippen molar-refractivity contribution < 1.29 is 9.53 Å². The van der Waals surface area contributed by atoms with Gasteiger partial charge in [-0.2, -0.15) is 5.10 Å². The Morgan fingerprint density at radius 3 is 2.69 bits per heavy atom. The van der Waals surface area contributed by atoms with Crippen molar-refractivity contribution in [2.24, 2.45) is 0 Å². The number of aromatic nitrogens is 3. The van der Waals surface area contributed by atoms with Gasteiger partial charge in [0.1, 0.15) is 0 Å². The average Bonchev–Trinajstić information content (AvgIpc) is 3.29. The van der Waals surface area contributed by atoms with E-state index in [1.165, 1.54) is 0 Å². The van der Waals surface area contributed by atoms with E-state index in [-0.39, 0.29) is 5.91 Å². The fourth-order valence-corrected chi connectivity index (χ4v) is 3.98. The Balaban J connectivity index is 1.35. The molecule has 2 aromatic heterocycles. The molecule has 1 aliphatic heterocycles. The number of fused-ring (bicyclic) bond motifs is 1. The number of nitrogens with zero attached hydrogens (tertiary/aromatic N) is 4. The van der Waals surface area contributed by atoms with Gasteiger partial charge in [0, 0.05) is 49.5 Å². The molecule has 1 fully saturated rings. The summed E-state index contributed by atoms with van der Waals surface area (Å²) in [6, 6.07) is 17.8. The van der Waals surface area contributed by atoms with Gasteiger partial charge in [-0.15, -0.1) is 0 Å². The monoisotopic (exact) mass is 427 g/mol. The maximum Gasteiger partial charge on any atom is 0.251 e. The van der Waals surface area contributed by atoms with E-state index in [1.54, 1.807) is 12.4 Å². The highest BCUT2D eigenvalue weighted by atomic mass is 16.5. The Bertz CT molecular complexity index is 1220. The predicted molar refractivity (Wildman–Crippen MR) is 124 cm³/mol. The van der Waals surface area contributed by atoms with Crippen LogP contribution in [0.25, 0.3) is 27.7 Å². The summed E-state index contributed by atoms with van der Waals surface area (Å²) in [7, 11) is 0. The van der Waals surface area contributed by atoms with E-state index in [2.05, 4.69) is 38.5 Å². The van der Waals surface area contributed by atoms with Crippen molar-refractivity contribution >= 4 is 16.8 Å². The van der Waals surface area contributed by atoms with Crippen molar-refractivity contribution in [1.29, 1.82) is 0 Å². The Kier molecular flexibility index (Phi) is 5.91. The molecule has 0 aliphatic carbocycles. The summed E-state index contributed by atoms with van der Waals surface area (Å²) >= 11 is 0. The third kappa shape index (κ3) is 4.39. The number of ether oxygens (including phenoxy) is 1. The smallest absolute Gasteiger partial charge is 0.251 e. The first-order valence-electron chi connectivity index (χ1n) is 10.8. The second kappa shape index (κ2) is 9.30. The number of pyridine rings is 1. The molecule has 0 bridgehead atoms. The zero-order chi connectivity index (χ0) is 21.8. The van der Waals surface area contributed by atoms with E-state index in [9.17, 15) is 4.79 Å². The van der Waals surface area contributed by atoms with Gasteiger partial charge in [-0.1, -0.05) is 18.2 Å². The van der Waals surface area contributed by atoms with Crippen LogP contribution >= 0.6 is 0 Å². The van der Waals surface area contributed by atoms with E-state index in [4.69, 9.17) is 4.74 Å². The first kappa shape index (κ1) is 20.4. The Morgan fingerprint density at radius 1 is 1.00 bits per heavy atom. The van der Waals surface area contributed by atoms with Gasteiger partial charge >= 0.3 is 0 Å².